The van der Waals surface area contributed by atoms with Crippen molar-refractivity contribution >= 4 is 29.0 Å². The van der Waals surface area contributed by atoms with Crippen LogP contribution in [0.15, 0.2) is 18.2 Å². The van der Waals surface area contributed by atoms with Gasteiger partial charge in [0.05, 0.1) is 24.0 Å². The van der Waals surface area contributed by atoms with Gasteiger partial charge in [-0.1, -0.05) is 23.2 Å². The molecule has 0 aromatic heterocycles. The summed E-state index contributed by atoms with van der Waals surface area (Å²) in [4.78, 5) is 12.3. The first-order valence-corrected chi connectivity index (χ1v) is 7.34. The molecule has 2 heterocycles. The molecule has 0 radical (unpaired) electrons. The molecule has 3 unspecified atom stereocenters. The molecule has 1 aromatic rings. The van der Waals surface area contributed by atoms with E-state index < -0.39 is 10.7 Å². The van der Waals surface area contributed by atoms with Crippen LogP contribution in [0.2, 0.25) is 10.0 Å². The normalized spacial score (nSPS) is 34.4. The van der Waals surface area contributed by atoms with Gasteiger partial charge in [0.25, 0.3) is 0 Å². The van der Waals surface area contributed by atoms with E-state index >= 15 is 0 Å². The number of ketones is 1. The second-order valence-corrected chi connectivity index (χ2v) is 6.31. The number of carbonyl (C=O) groups excluding carboxylic acids is 1. The molecule has 102 valence electrons. The van der Waals surface area contributed by atoms with Crippen LogP contribution in [-0.2, 0) is 4.79 Å². The predicted octanol–water partition coefficient (Wildman–Crippen LogP) is 3.87. The van der Waals surface area contributed by atoms with E-state index in [4.69, 9.17) is 23.2 Å². The van der Waals surface area contributed by atoms with Gasteiger partial charge in [0.1, 0.15) is 0 Å². The van der Waals surface area contributed by atoms with Gasteiger partial charge in [0.2, 0.25) is 5.78 Å². The number of fused-ring (bicyclic) bond motifs is 1. The van der Waals surface area contributed by atoms with Crippen LogP contribution in [0.25, 0.3) is 0 Å². The molecule has 0 bridgehead atoms. The maximum absolute atomic E-state index is 13.1. The van der Waals surface area contributed by atoms with Crippen LogP contribution in [0, 0.1) is 5.21 Å². The Bertz CT molecular complexity index is 534. The highest BCUT2D eigenvalue weighted by Gasteiger charge is 2.51. The van der Waals surface area contributed by atoms with Gasteiger partial charge in [0.15, 0.2) is 6.04 Å². The van der Waals surface area contributed by atoms with Crippen LogP contribution in [0.3, 0.4) is 0 Å². The number of carbonyl (C=O) groups is 1. The topological polar surface area (TPSA) is 40.1 Å². The molecule has 3 atom stereocenters. The van der Waals surface area contributed by atoms with Crippen molar-refractivity contribution in [3.8, 4) is 0 Å². The second-order valence-electron chi connectivity index (χ2n) is 5.47. The lowest BCUT2D eigenvalue weighted by atomic mass is 10.0. The summed E-state index contributed by atoms with van der Waals surface area (Å²) in [5.41, 5.74) is 0.635. The van der Waals surface area contributed by atoms with Crippen LogP contribution in [0.1, 0.15) is 37.3 Å². The van der Waals surface area contributed by atoms with Gasteiger partial charge in [-0.05, 0) is 31.0 Å². The summed E-state index contributed by atoms with van der Waals surface area (Å²) in [6.45, 7) is 0.514. The van der Waals surface area contributed by atoms with Gasteiger partial charge in [-0.25, -0.2) is 0 Å². The van der Waals surface area contributed by atoms with E-state index in [2.05, 4.69) is 0 Å². The Kier molecular flexibility index (Phi) is 3.34. The number of halogens is 2. The minimum atomic E-state index is -0.657. The highest BCUT2D eigenvalue weighted by molar-refractivity contribution is 6.35. The van der Waals surface area contributed by atoms with Crippen LogP contribution < -0.4 is 0 Å². The van der Waals surface area contributed by atoms with Gasteiger partial charge < -0.3 is 9.85 Å². The van der Waals surface area contributed by atoms with E-state index in [0.29, 0.717) is 28.6 Å². The van der Waals surface area contributed by atoms with Crippen molar-refractivity contribution in [2.24, 2.45) is 0 Å². The number of rotatable bonds is 1. The van der Waals surface area contributed by atoms with E-state index in [0.717, 1.165) is 19.3 Å². The molecule has 5 heteroatoms. The average molecular weight is 300 g/mol. The van der Waals surface area contributed by atoms with Crippen LogP contribution in [-0.4, -0.2) is 23.0 Å². The first kappa shape index (κ1) is 13.4. The zero-order valence-electron chi connectivity index (χ0n) is 10.4. The number of hydrogen-bond donors (Lipinski definition) is 0. The highest BCUT2D eigenvalue weighted by atomic mass is 35.5. The smallest absolute Gasteiger partial charge is 0.201 e. The molecule has 19 heavy (non-hydrogen) atoms. The molecule has 1 aromatic carbocycles. The van der Waals surface area contributed by atoms with Gasteiger partial charge in [-0.2, -0.15) is 0 Å². The lowest BCUT2D eigenvalue weighted by Gasteiger charge is -2.50. The second kappa shape index (κ2) is 4.74. The van der Waals surface area contributed by atoms with E-state index in [-0.39, 0.29) is 11.8 Å². The highest BCUT2D eigenvalue weighted by Crippen LogP contribution is 2.46. The van der Waals surface area contributed by atoms with E-state index in [1.54, 1.807) is 18.2 Å². The van der Waals surface area contributed by atoms with Gasteiger partial charge in [-0.15, -0.1) is 0 Å². The predicted molar refractivity (Wildman–Crippen MR) is 75.0 cm³/mol. The van der Waals surface area contributed by atoms with Gasteiger partial charge in [-0.3, -0.25) is 4.79 Å². The number of quaternary nitrogens is 1. The van der Waals surface area contributed by atoms with Crippen molar-refractivity contribution < 1.29 is 9.44 Å². The maximum atomic E-state index is 13.1. The molecular weight excluding hydrogens is 285 g/mol. The van der Waals surface area contributed by atoms with Gasteiger partial charge >= 0.3 is 0 Å². The third kappa shape index (κ3) is 2.09. The van der Waals surface area contributed by atoms with Crippen molar-refractivity contribution in [3.63, 3.8) is 0 Å². The van der Waals surface area contributed by atoms with Gasteiger partial charge in [0, 0.05) is 17.0 Å². The monoisotopic (exact) mass is 299 g/mol. The first-order valence-electron chi connectivity index (χ1n) is 6.58. The zero-order valence-corrected chi connectivity index (χ0v) is 12.0. The molecule has 2 saturated heterocycles. The third-order valence-electron chi connectivity index (χ3n) is 4.35. The Morgan fingerprint density at radius 3 is 2.79 bits per heavy atom. The largest absolute Gasteiger partial charge is 0.632 e. The summed E-state index contributed by atoms with van der Waals surface area (Å²) in [7, 11) is 0. The summed E-state index contributed by atoms with van der Waals surface area (Å²) in [5, 5.41) is 14.0. The maximum Gasteiger partial charge on any atom is 0.201 e. The summed E-state index contributed by atoms with van der Waals surface area (Å²) in [6.07, 6.45) is 3.15. The SMILES string of the molecule is O=C1CC2CCCC[N+]2([O-])C1c1ccc(Cl)cc1Cl. The molecule has 3 nitrogen and oxygen atoms in total. The Morgan fingerprint density at radius 1 is 1.26 bits per heavy atom. The first-order chi connectivity index (χ1) is 9.02. The lowest BCUT2D eigenvalue weighted by molar-refractivity contribution is -0.921. The molecule has 0 N–H and O–H groups in total. The number of hydroxylamine groups is 3. The molecule has 3 rings (SSSR count). The zero-order chi connectivity index (χ0) is 13.6. The molecular formula is C14H15Cl2NO2. The van der Waals surface area contributed by atoms with Crippen molar-refractivity contribution in [1.29, 1.82) is 0 Å². The number of piperidine rings is 1. The van der Waals surface area contributed by atoms with E-state index in [1.807, 2.05) is 0 Å². The molecule has 2 aliphatic rings. The minimum absolute atomic E-state index is 0.0196. The Morgan fingerprint density at radius 2 is 2.05 bits per heavy atom. The van der Waals surface area contributed by atoms with Crippen LogP contribution in [0.5, 0.6) is 0 Å². The molecule has 0 spiro atoms. The minimum Gasteiger partial charge on any atom is -0.632 e. The molecule has 2 fully saturated rings. The quantitative estimate of drug-likeness (QED) is 0.583. The Hall–Kier alpha value is -0.610. The van der Waals surface area contributed by atoms with E-state index in [1.165, 1.54) is 0 Å². The summed E-state index contributed by atoms with van der Waals surface area (Å²) in [6, 6.07) is 4.28. The average Bonchev–Trinajstić information content (AvgIpc) is 2.61. The van der Waals surface area contributed by atoms with Crippen LogP contribution in [0.4, 0.5) is 0 Å². The Balaban J connectivity index is 2.05. The van der Waals surface area contributed by atoms with Crippen molar-refractivity contribution in [2.75, 3.05) is 6.54 Å². The summed E-state index contributed by atoms with van der Waals surface area (Å²) in [5.74, 6) is 0.0196. The number of nitrogens with zero attached hydrogens (tertiary/aromatic N) is 1. The number of Topliss-reactive ketones (excluding diaryl/α,β-unsaturated/α-hetero) is 1. The van der Waals surface area contributed by atoms with Crippen molar-refractivity contribution in [3.05, 3.63) is 39.0 Å². The van der Waals surface area contributed by atoms with Crippen molar-refractivity contribution in [2.45, 2.75) is 37.8 Å². The fourth-order valence-corrected chi connectivity index (χ4v) is 3.97. The lowest BCUT2D eigenvalue weighted by Crippen LogP contribution is -2.51. The summed E-state index contributed by atoms with van der Waals surface area (Å²) >= 11 is 12.1. The number of hydrogen-bond acceptors (Lipinski definition) is 2. The van der Waals surface area contributed by atoms with Crippen molar-refractivity contribution in [1.82, 2.24) is 0 Å². The van der Waals surface area contributed by atoms with Crippen LogP contribution >= 0.6 is 23.2 Å². The van der Waals surface area contributed by atoms with E-state index in [9.17, 15) is 10.0 Å². The molecule has 0 saturated carbocycles. The molecule has 0 aliphatic carbocycles. The Labute approximate surface area is 122 Å². The standard InChI is InChI=1S/C14H15Cl2NO2/c15-9-4-5-11(12(16)7-9)14-13(18)8-10-3-1-2-6-17(10,14)19/h4-5,7,10,14H,1-3,6,8H2. The third-order valence-corrected chi connectivity index (χ3v) is 4.91. The fourth-order valence-electron chi connectivity index (χ4n) is 3.46. The fraction of sp³-hybridized carbons (Fsp3) is 0.500. The molecule has 0 amide bonds. The number of benzene rings is 1. The molecule has 2 aliphatic heterocycles. The summed E-state index contributed by atoms with van der Waals surface area (Å²) < 4.78 is -0.416.